The van der Waals surface area contributed by atoms with Crippen molar-refractivity contribution in [1.82, 2.24) is 10.3 Å². The highest BCUT2D eigenvalue weighted by Gasteiger charge is 2.19. The van der Waals surface area contributed by atoms with Gasteiger partial charge in [0.25, 0.3) is 0 Å². The lowest BCUT2D eigenvalue weighted by molar-refractivity contribution is -0.120. The molecule has 1 aromatic rings. The lowest BCUT2D eigenvalue weighted by atomic mass is 10.1. The van der Waals surface area contributed by atoms with E-state index in [4.69, 9.17) is 10.6 Å². The predicted molar refractivity (Wildman–Crippen MR) is 82.4 cm³/mol. The van der Waals surface area contributed by atoms with Gasteiger partial charge in [-0.05, 0) is 37.4 Å². The van der Waals surface area contributed by atoms with Crippen molar-refractivity contribution in [3.63, 3.8) is 0 Å². The molecule has 1 unspecified atom stereocenters. The van der Waals surface area contributed by atoms with Crippen molar-refractivity contribution in [2.24, 2.45) is 5.84 Å². The summed E-state index contributed by atoms with van der Waals surface area (Å²) in [4.78, 5) is 13.7. The van der Waals surface area contributed by atoms with Gasteiger partial charge < -0.3 is 4.74 Å². The minimum atomic E-state index is -0.168. The van der Waals surface area contributed by atoms with E-state index in [1.165, 1.54) is 12.0 Å². The van der Waals surface area contributed by atoms with Gasteiger partial charge >= 0.3 is 0 Å². The number of hydrogen-bond donors (Lipinski definition) is 2. The Hall–Kier alpha value is -1.43. The number of hydrazine groups is 1. The van der Waals surface area contributed by atoms with Crippen LogP contribution >= 0.6 is 0 Å². The number of amides is 1. The second-order valence-corrected chi connectivity index (χ2v) is 5.52. The third-order valence-corrected chi connectivity index (χ3v) is 3.82. The summed E-state index contributed by atoms with van der Waals surface area (Å²) in [5.74, 6) is 4.92. The maximum atomic E-state index is 11.2. The Kier molecular flexibility index (Phi) is 6.17. The first-order valence-electron chi connectivity index (χ1n) is 7.62. The molecule has 0 aliphatic carbocycles. The van der Waals surface area contributed by atoms with Crippen LogP contribution in [0.3, 0.4) is 0 Å². The molecule has 0 spiro atoms. The molecule has 1 atom stereocenters. The molecule has 1 aliphatic rings. The Labute approximate surface area is 126 Å². The lowest BCUT2D eigenvalue weighted by Crippen LogP contribution is -2.39. The fraction of sp³-hybridized carbons (Fsp3) is 0.562. The number of ether oxygens (including phenoxy) is 1. The number of piperidine rings is 1. The van der Waals surface area contributed by atoms with Crippen LogP contribution in [0.4, 0.5) is 0 Å². The molecule has 5 heteroatoms. The molecular formula is C16H25N3O2. The molecular weight excluding hydrogens is 266 g/mol. The second kappa shape index (κ2) is 8.12. The summed E-state index contributed by atoms with van der Waals surface area (Å²) in [6.07, 6.45) is 3.06. The van der Waals surface area contributed by atoms with Crippen LogP contribution in [-0.2, 0) is 22.5 Å². The van der Waals surface area contributed by atoms with E-state index in [0.29, 0.717) is 12.5 Å². The first-order chi connectivity index (χ1) is 10.2. The highest BCUT2D eigenvalue weighted by molar-refractivity contribution is 5.77. The van der Waals surface area contributed by atoms with E-state index in [1.54, 1.807) is 0 Å². The SMILES string of the molecule is CCOC1CCCN(Cc2ccc(CC(=O)NN)cc2)C1. The van der Waals surface area contributed by atoms with Crippen molar-refractivity contribution < 1.29 is 9.53 Å². The predicted octanol–water partition coefficient (Wildman–Crippen LogP) is 1.22. The average Bonchev–Trinajstić information content (AvgIpc) is 2.50. The summed E-state index contributed by atoms with van der Waals surface area (Å²) in [5.41, 5.74) is 4.40. The van der Waals surface area contributed by atoms with Crippen molar-refractivity contribution in [2.45, 2.75) is 38.8 Å². The topological polar surface area (TPSA) is 67.6 Å². The maximum Gasteiger partial charge on any atom is 0.238 e. The molecule has 1 heterocycles. The van der Waals surface area contributed by atoms with Crippen LogP contribution in [0.5, 0.6) is 0 Å². The second-order valence-electron chi connectivity index (χ2n) is 5.52. The van der Waals surface area contributed by atoms with Gasteiger partial charge in [0.05, 0.1) is 12.5 Å². The van der Waals surface area contributed by atoms with Gasteiger partial charge in [0.2, 0.25) is 5.91 Å². The van der Waals surface area contributed by atoms with E-state index in [0.717, 1.165) is 38.2 Å². The monoisotopic (exact) mass is 291 g/mol. The minimum Gasteiger partial charge on any atom is -0.377 e. The summed E-state index contributed by atoms with van der Waals surface area (Å²) in [6.45, 7) is 5.91. The third-order valence-electron chi connectivity index (χ3n) is 3.82. The number of nitrogens with one attached hydrogen (secondary N) is 1. The molecule has 1 fully saturated rings. The number of likely N-dealkylation sites (tertiary alicyclic amines) is 1. The van der Waals surface area contributed by atoms with E-state index in [-0.39, 0.29) is 5.91 Å². The molecule has 116 valence electrons. The zero-order chi connectivity index (χ0) is 15.1. The third kappa shape index (κ3) is 5.12. The van der Waals surface area contributed by atoms with Crippen LogP contribution in [0, 0.1) is 0 Å². The first kappa shape index (κ1) is 15.9. The van der Waals surface area contributed by atoms with Crippen molar-refractivity contribution in [2.75, 3.05) is 19.7 Å². The lowest BCUT2D eigenvalue weighted by Gasteiger charge is -2.32. The zero-order valence-corrected chi connectivity index (χ0v) is 12.7. The van der Waals surface area contributed by atoms with Crippen LogP contribution in [0.25, 0.3) is 0 Å². The van der Waals surface area contributed by atoms with Crippen LogP contribution in [0.2, 0.25) is 0 Å². The van der Waals surface area contributed by atoms with Crippen LogP contribution in [0.15, 0.2) is 24.3 Å². The number of carbonyl (C=O) groups is 1. The molecule has 2 rings (SSSR count). The molecule has 0 radical (unpaired) electrons. The van der Waals surface area contributed by atoms with Gasteiger partial charge in [-0.25, -0.2) is 5.84 Å². The molecule has 1 saturated heterocycles. The highest BCUT2D eigenvalue weighted by atomic mass is 16.5. The normalized spacial score (nSPS) is 19.4. The van der Waals surface area contributed by atoms with Crippen molar-refractivity contribution in [3.05, 3.63) is 35.4 Å². The van der Waals surface area contributed by atoms with Crippen molar-refractivity contribution in [1.29, 1.82) is 0 Å². The Morgan fingerprint density at radius 1 is 1.38 bits per heavy atom. The largest absolute Gasteiger partial charge is 0.377 e. The fourth-order valence-electron chi connectivity index (χ4n) is 2.79. The summed E-state index contributed by atoms with van der Waals surface area (Å²) in [5, 5.41) is 0. The standard InChI is InChI=1S/C16H25N3O2/c1-2-21-15-4-3-9-19(12-15)11-14-7-5-13(6-8-14)10-16(20)18-17/h5-8,15H,2-4,9-12,17H2,1H3,(H,18,20). The highest BCUT2D eigenvalue weighted by Crippen LogP contribution is 2.16. The Morgan fingerprint density at radius 2 is 2.10 bits per heavy atom. The molecule has 1 aliphatic heterocycles. The summed E-state index contributed by atoms with van der Waals surface area (Å²) in [6, 6.07) is 8.16. The maximum absolute atomic E-state index is 11.2. The summed E-state index contributed by atoms with van der Waals surface area (Å²) < 4.78 is 5.73. The number of hydrogen-bond acceptors (Lipinski definition) is 4. The van der Waals surface area contributed by atoms with E-state index < -0.39 is 0 Å². The molecule has 1 aromatic carbocycles. The van der Waals surface area contributed by atoms with Crippen LogP contribution in [0.1, 0.15) is 30.9 Å². The molecule has 21 heavy (non-hydrogen) atoms. The van der Waals surface area contributed by atoms with E-state index in [9.17, 15) is 4.79 Å². The number of benzene rings is 1. The van der Waals surface area contributed by atoms with E-state index in [1.807, 2.05) is 12.1 Å². The molecule has 1 amide bonds. The molecule has 3 N–H and O–H groups in total. The number of nitrogens with two attached hydrogens (primary N) is 1. The van der Waals surface area contributed by atoms with Gasteiger partial charge in [0.1, 0.15) is 0 Å². The smallest absolute Gasteiger partial charge is 0.238 e. The molecule has 0 aromatic heterocycles. The fourth-order valence-corrected chi connectivity index (χ4v) is 2.79. The van der Waals surface area contributed by atoms with Gasteiger partial charge in [0.15, 0.2) is 0 Å². The van der Waals surface area contributed by atoms with Crippen molar-refractivity contribution in [3.8, 4) is 0 Å². The van der Waals surface area contributed by atoms with Gasteiger partial charge in [-0.15, -0.1) is 0 Å². The number of rotatable bonds is 6. The van der Waals surface area contributed by atoms with Gasteiger partial charge in [-0.2, -0.15) is 0 Å². The van der Waals surface area contributed by atoms with E-state index >= 15 is 0 Å². The molecule has 5 nitrogen and oxygen atoms in total. The zero-order valence-electron chi connectivity index (χ0n) is 12.7. The Balaban J connectivity index is 1.86. The van der Waals surface area contributed by atoms with Gasteiger partial charge in [-0.1, -0.05) is 24.3 Å². The van der Waals surface area contributed by atoms with Crippen molar-refractivity contribution >= 4 is 5.91 Å². The molecule has 0 bridgehead atoms. The van der Waals surface area contributed by atoms with Crippen LogP contribution in [-0.4, -0.2) is 36.6 Å². The Bertz CT molecular complexity index is 445. The quantitative estimate of drug-likeness (QED) is 0.470. The first-order valence-corrected chi connectivity index (χ1v) is 7.62. The van der Waals surface area contributed by atoms with Gasteiger partial charge in [0, 0.05) is 19.7 Å². The number of nitrogens with zero attached hydrogens (tertiary/aromatic N) is 1. The van der Waals surface area contributed by atoms with E-state index in [2.05, 4.69) is 29.4 Å². The van der Waals surface area contributed by atoms with Crippen LogP contribution < -0.4 is 11.3 Å². The average molecular weight is 291 g/mol. The minimum absolute atomic E-state index is 0.168. The Morgan fingerprint density at radius 3 is 2.76 bits per heavy atom. The van der Waals surface area contributed by atoms with Gasteiger partial charge in [-0.3, -0.25) is 15.1 Å². The summed E-state index contributed by atoms with van der Waals surface area (Å²) >= 11 is 0. The molecule has 0 saturated carbocycles. The number of carbonyl (C=O) groups excluding carboxylic acids is 1. The summed E-state index contributed by atoms with van der Waals surface area (Å²) in [7, 11) is 0.